The number of hydrogen-bond donors (Lipinski definition) is 0. The molecule has 1 aliphatic rings. The molecule has 1 aliphatic heterocycles. The third kappa shape index (κ3) is 4.31. The van der Waals surface area contributed by atoms with Crippen LogP contribution in [0.4, 0.5) is 0 Å². The lowest BCUT2D eigenvalue weighted by Gasteiger charge is -2.24. The van der Waals surface area contributed by atoms with Gasteiger partial charge in [0.25, 0.3) is 0 Å². The van der Waals surface area contributed by atoms with Gasteiger partial charge in [0, 0.05) is 12.8 Å². The molecule has 2 rings (SSSR count). The van der Waals surface area contributed by atoms with Gasteiger partial charge < -0.3 is 14.3 Å². The minimum atomic E-state index is -0.318. The number of hydrogen-bond acceptors (Lipinski definition) is 4. The lowest BCUT2D eigenvalue weighted by atomic mass is 10.1. The van der Waals surface area contributed by atoms with Crippen LogP contribution in [0, 0.1) is 0 Å². The van der Waals surface area contributed by atoms with Gasteiger partial charge in [-0.25, -0.2) is 4.79 Å². The quantitative estimate of drug-likeness (QED) is 0.454. The molecule has 0 aliphatic carbocycles. The average molecular weight is 274 g/mol. The third-order valence-electron chi connectivity index (χ3n) is 3.13. The summed E-state index contributed by atoms with van der Waals surface area (Å²) in [6.45, 7) is 0.319. The van der Waals surface area contributed by atoms with Crippen LogP contribution in [0.15, 0.2) is 42.5 Å². The molecule has 4 nitrogen and oxygen atoms in total. The van der Waals surface area contributed by atoms with Crippen LogP contribution in [0.3, 0.4) is 0 Å². The van der Waals surface area contributed by atoms with E-state index in [0.29, 0.717) is 25.0 Å². The van der Waals surface area contributed by atoms with Crippen molar-refractivity contribution in [3.63, 3.8) is 0 Å². The summed E-state index contributed by atoms with van der Waals surface area (Å²) in [6, 6.07) is 8.90. The van der Waals surface area contributed by atoms with Crippen LogP contribution >= 0.6 is 0 Å². The van der Waals surface area contributed by atoms with Crippen molar-refractivity contribution in [2.75, 3.05) is 6.61 Å². The molecule has 1 heterocycles. The van der Waals surface area contributed by atoms with E-state index in [-0.39, 0.29) is 18.2 Å². The van der Waals surface area contributed by atoms with Crippen molar-refractivity contribution < 1.29 is 19.1 Å². The Bertz CT molecular complexity index is 467. The molecule has 0 N–H and O–H groups in total. The first-order valence-corrected chi connectivity index (χ1v) is 6.77. The number of aldehydes is 1. The molecule has 0 saturated carbocycles. The number of carbonyl (C=O) groups is 2. The summed E-state index contributed by atoms with van der Waals surface area (Å²) in [5.74, 6) is -0.318. The van der Waals surface area contributed by atoms with Gasteiger partial charge in [-0.1, -0.05) is 30.4 Å². The highest BCUT2D eigenvalue weighted by molar-refractivity contribution is 5.89. The summed E-state index contributed by atoms with van der Waals surface area (Å²) in [7, 11) is 0. The molecular formula is C16H18O4. The lowest BCUT2D eigenvalue weighted by Crippen LogP contribution is -2.26. The molecule has 20 heavy (non-hydrogen) atoms. The van der Waals surface area contributed by atoms with Crippen LogP contribution in [0.2, 0.25) is 0 Å². The SMILES string of the molecule is O=CC[C@H]1C=CC[C@@H](CCOC(=O)c2ccccc2)O1. The zero-order chi connectivity index (χ0) is 14.2. The van der Waals surface area contributed by atoms with Gasteiger partial charge in [0.05, 0.1) is 24.4 Å². The van der Waals surface area contributed by atoms with Gasteiger partial charge in [-0.2, -0.15) is 0 Å². The van der Waals surface area contributed by atoms with E-state index in [4.69, 9.17) is 9.47 Å². The van der Waals surface area contributed by atoms with Gasteiger partial charge in [-0.15, -0.1) is 0 Å². The molecule has 0 bridgehead atoms. The summed E-state index contributed by atoms with van der Waals surface area (Å²) in [5, 5.41) is 0. The zero-order valence-corrected chi connectivity index (χ0v) is 11.2. The van der Waals surface area contributed by atoms with Crippen molar-refractivity contribution in [3.8, 4) is 0 Å². The van der Waals surface area contributed by atoms with E-state index in [0.717, 1.165) is 12.7 Å². The predicted molar refractivity (Wildman–Crippen MR) is 74.4 cm³/mol. The Morgan fingerprint density at radius 2 is 2.15 bits per heavy atom. The van der Waals surface area contributed by atoms with Crippen molar-refractivity contribution in [2.45, 2.75) is 31.5 Å². The first-order valence-electron chi connectivity index (χ1n) is 6.77. The molecular weight excluding hydrogens is 256 g/mol. The molecule has 0 saturated heterocycles. The van der Waals surface area contributed by atoms with Crippen LogP contribution in [-0.2, 0) is 14.3 Å². The minimum absolute atomic E-state index is 0.00789. The number of rotatable bonds is 6. The van der Waals surface area contributed by atoms with Crippen LogP contribution in [0.25, 0.3) is 0 Å². The summed E-state index contributed by atoms with van der Waals surface area (Å²) in [6.07, 6.45) is 6.44. The fourth-order valence-corrected chi connectivity index (χ4v) is 2.09. The van der Waals surface area contributed by atoms with E-state index in [9.17, 15) is 9.59 Å². The smallest absolute Gasteiger partial charge is 0.338 e. The molecule has 1 aromatic carbocycles. The van der Waals surface area contributed by atoms with Gasteiger partial charge in [0.1, 0.15) is 6.29 Å². The standard InChI is InChI=1S/C16H18O4/c17-11-9-14-7-4-8-15(20-14)10-12-19-16(18)13-5-2-1-3-6-13/h1-7,11,14-15H,8-10,12H2/t14-,15+/m1/s1. The Balaban J connectivity index is 1.72. The second-order valence-corrected chi connectivity index (χ2v) is 4.65. The molecule has 106 valence electrons. The maximum Gasteiger partial charge on any atom is 0.338 e. The normalized spacial score (nSPS) is 21.4. The topological polar surface area (TPSA) is 52.6 Å². The molecule has 2 atom stereocenters. The van der Waals surface area contributed by atoms with Crippen molar-refractivity contribution in [3.05, 3.63) is 48.0 Å². The molecule has 0 spiro atoms. The van der Waals surface area contributed by atoms with E-state index in [1.165, 1.54) is 0 Å². The van der Waals surface area contributed by atoms with Crippen LogP contribution in [0.5, 0.6) is 0 Å². The molecule has 1 aromatic rings. The minimum Gasteiger partial charge on any atom is -0.462 e. The Kier molecular flexibility index (Phi) is 5.50. The highest BCUT2D eigenvalue weighted by atomic mass is 16.5. The fourth-order valence-electron chi connectivity index (χ4n) is 2.09. The Morgan fingerprint density at radius 1 is 1.35 bits per heavy atom. The predicted octanol–water partition coefficient (Wildman–Crippen LogP) is 2.54. The van der Waals surface area contributed by atoms with Gasteiger partial charge in [0.2, 0.25) is 0 Å². The lowest BCUT2D eigenvalue weighted by molar-refractivity contribution is -0.111. The monoisotopic (exact) mass is 274 g/mol. The summed E-state index contributed by atoms with van der Waals surface area (Å²) >= 11 is 0. The second kappa shape index (κ2) is 7.60. The molecule has 0 unspecified atom stereocenters. The van der Waals surface area contributed by atoms with Crippen molar-refractivity contribution in [2.24, 2.45) is 0 Å². The number of benzene rings is 1. The first-order chi connectivity index (χ1) is 9.79. The van der Waals surface area contributed by atoms with E-state index >= 15 is 0 Å². The first kappa shape index (κ1) is 14.5. The largest absolute Gasteiger partial charge is 0.462 e. The Hall–Kier alpha value is -1.94. The van der Waals surface area contributed by atoms with E-state index in [2.05, 4.69) is 0 Å². The molecule has 0 amide bonds. The fraction of sp³-hybridized carbons (Fsp3) is 0.375. The van der Waals surface area contributed by atoms with E-state index < -0.39 is 0 Å². The van der Waals surface area contributed by atoms with Gasteiger partial charge in [-0.3, -0.25) is 0 Å². The summed E-state index contributed by atoms with van der Waals surface area (Å²) < 4.78 is 10.9. The molecule has 0 radical (unpaired) electrons. The second-order valence-electron chi connectivity index (χ2n) is 4.65. The zero-order valence-electron chi connectivity index (χ0n) is 11.2. The highest BCUT2D eigenvalue weighted by Crippen LogP contribution is 2.17. The Morgan fingerprint density at radius 3 is 2.90 bits per heavy atom. The van der Waals surface area contributed by atoms with Crippen molar-refractivity contribution in [1.29, 1.82) is 0 Å². The summed E-state index contributed by atoms with van der Waals surface area (Å²) in [4.78, 5) is 22.2. The van der Waals surface area contributed by atoms with Crippen LogP contribution < -0.4 is 0 Å². The number of carbonyl (C=O) groups excluding carboxylic acids is 2. The van der Waals surface area contributed by atoms with E-state index in [1.54, 1.807) is 24.3 Å². The van der Waals surface area contributed by atoms with Crippen LogP contribution in [-0.4, -0.2) is 31.1 Å². The van der Waals surface area contributed by atoms with E-state index in [1.807, 2.05) is 18.2 Å². The number of ether oxygens (including phenoxy) is 2. The van der Waals surface area contributed by atoms with Gasteiger partial charge in [-0.05, 0) is 18.6 Å². The average Bonchev–Trinajstić information content (AvgIpc) is 2.49. The molecule has 0 aromatic heterocycles. The van der Waals surface area contributed by atoms with Crippen molar-refractivity contribution in [1.82, 2.24) is 0 Å². The highest BCUT2D eigenvalue weighted by Gasteiger charge is 2.18. The summed E-state index contributed by atoms with van der Waals surface area (Å²) in [5.41, 5.74) is 0.552. The molecule has 4 heteroatoms. The third-order valence-corrected chi connectivity index (χ3v) is 3.13. The maximum absolute atomic E-state index is 11.7. The number of esters is 1. The Labute approximate surface area is 118 Å². The van der Waals surface area contributed by atoms with Crippen LogP contribution in [0.1, 0.15) is 29.6 Å². The van der Waals surface area contributed by atoms with Gasteiger partial charge in [0.15, 0.2) is 0 Å². The van der Waals surface area contributed by atoms with Gasteiger partial charge >= 0.3 is 5.97 Å². The van der Waals surface area contributed by atoms with Crippen molar-refractivity contribution >= 4 is 12.3 Å². The maximum atomic E-state index is 11.7. The molecule has 0 fully saturated rings.